The summed E-state index contributed by atoms with van der Waals surface area (Å²) in [4.78, 5) is 10.3. The van der Waals surface area contributed by atoms with Crippen LogP contribution in [0.2, 0.25) is 0 Å². The van der Waals surface area contributed by atoms with Gasteiger partial charge in [0.2, 0.25) is 0 Å². The van der Waals surface area contributed by atoms with Crippen LogP contribution in [0, 0.1) is 5.92 Å². The van der Waals surface area contributed by atoms with Crippen molar-refractivity contribution in [1.29, 1.82) is 0 Å². The lowest BCUT2D eigenvalue weighted by Gasteiger charge is -2.32. The largest absolute Gasteiger partial charge is 0.550 e. The molecular formula is C22H39NO4. The van der Waals surface area contributed by atoms with E-state index < -0.39 is 5.97 Å². The number of aliphatic hydroxyl groups is 1. The fraction of sp³-hybridized carbons (Fsp3) is 0.682. The van der Waals surface area contributed by atoms with Crippen LogP contribution in [0.1, 0.15) is 58.4 Å². The molecule has 0 saturated carbocycles. The smallest absolute Gasteiger partial charge is 0.127 e. The van der Waals surface area contributed by atoms with Crippen LogP contribution in [-0.4, -0.2) is 49.4 Å². The average molecular weight is 382 g/mol. The van der Waals surface area contributed by atoms with Crippen LogP contribution in [0.3, 0.4) is 0 Å². The quantitative estimate of drug-likeness (QED) is 0.598. The standard InChI is InChI=1S/C14H24NO2.C8H16O2/c1-5-13(16)11-15(2,3)10-12-8-6-7-9-14(12)17-4;1-3-5-6-7(4-2)8(9)10/h6-9,13,16H,5,10-11H2,1-4H3;7H,3-6H2,1-2H3,(H,9,10)/q+1;/p-1. The number of benzene rings is 1. The van der Waals surface area contributed by atoms with Crippen LogP contribution in [0.4, 0.5) is 0 Å². The Morgan fingerprint density at radius 1 is 1.19 bits per heavy atom. The van der Waals surface area contributed by atoms with Crippen molar-refractivity contribution in [2.45, 2.75) is 65.5 Å². The zero-order chi connectivity index (χ0) is 20.9. The number of aliphatic hydroxyl groups excluding tert-OH is 1. The predicted molar refractivity (Wildman–Crippen MR) is 108 cm³/mol. The number of aliphatic carboxylic acids is 1. The number of rotatable bonds is 11. The Hall–Kier alpha value is -1.59. The molecule has 0 aliphatic carbocycles. The van der Waals surface area contributed by atoms with Crippen molar-refractivity contribution in [2.24, 2.45) is 5.92 Å². The molecule has 0 amide bonds. The normalized spacial score (nSPS) is 13.3. The first-order valence-electron chi connectivity index (χ1n) is 10.0. The van der Waals surface area contributed by atoms with E-state index in [1.165, 1.54) is 5.56 Å². The minimum atomic E-state index is -0.893. The molecule has 1 N–H and O–H groups in total. The van der Waals surface area contributed by atoms with Gasteiger partial charge in [-0.1, -0.05) is 45.7 Å². The van der Waals surface area contributed by atoms with E-state index in [4.69, 9.17) is 4.74 Å². The number of carboxylic acid groups (broad SMARTS) is 1. The Bertz CT molecular complexity index is 531. The summed E-state index contributed by atoms with van der Waals surface area (Å²) in [7, 11) is 5.95. The number of carbonyl (C=O) groups excluding carboxylic acids is 1. The summed E-state index contributed by atoms with van der Waals surface area (Å²) in [6, 6.07) is 8.06. The zero-order valence-electron chi connectivity index (χ0n) is 18.0. The van der Waals surface area contributed by atoms with Gasteiger partial charge in [-0.15, -0.1) is 0 Å². The number of hydrogen-bond acceptors (Lipinski definition) is 4. The molecule has 156 valence electrons. The number of likely N-dealkylation sites (N-methyl/N-ethyl adjacent to an activating group) is 1. The Kier molecular flexibility index (Phi) is 12.8. The number of hydrogen-bond donors (Lipinski definition) is 1. The summed E-state index contributed by atoms with van der Waals surface area (Å²) >= 11 is 0. The summed E-state index contributed by atoms with van der Waals surface area (Å²) in [5.41, 5.74) is 1.18. The number of para-hydroxylation sites is 1. The van der Waals surface area contributed by atoms with Gasteiger partial charge in [0.1, 0.15) is 24.9 Å². The van der Waals surface area contributed by atoms with E-state index >= 15 is 0 Å². The second-order valence-electron chi connectivity index (χ2n) is 7.72. The van der Waals surface area contributed by atoms with E-state index in [0.717, 1.165) is 49.0 Å². The van der Waals surface area contributed by atoms with Gasteiger partial charge in [0.25, 0.3) is 0 Å². The van der Waals surface area contributed by atoms with Crippen LogP contribution >= 0.6 is 0 Å². The summed E-state index contributed by atoms with van der Waals surface area (Å²) < 4.78 is 6.11. The fourth-order valence-electron chi connectivity index (χ4n) is 3.00. The van der Waals surface area contributed by atoms with E-state index in [9.17, 15) is 15.0 Å². The van der Waals surface area contributed by atoms with Crippen LogP contribution in [0.15, 0.2) is 24.3 Å². The van der Waals surface area contributed by atoms with Crippen LogP contribution < -0.4 is 9.84 Å². The third kappa shape index (κ3) is 11.0. The summed E-state index contributed by atoms with van der Waals surface area (Å²) in [6.07, 6.45) is 4.08. The number of unbranched alkanes of at least 4 members (excludes halogenated alkanes) is 1. The molecule has 2 unspecified atom stereocenters. The Morgan fingerprint density at radius 2 is 1.81 bits per heavy atom. The molecular weight excluding hydrogens is 342 g/mol. The summed E-state index contributed by atoms with van der Waals surface area (Å²) in [6.45, 7) is 7.57. The van der Waals surface area contributed by atoms with Crippen LogP contribution in [-0.2, 0) is 11.3 Å². The molecule has 0 spiro atoms. The Labute approximate surface area is 165 Å². The number of carboxylic acids is 1. The van der Waals surface area contributed by atoms with Gasteiger partial charge in [0.15, 0.2) is 0 Å². The van der Waals surface area contributed by atoms with Gasteiger partial charge < -0.3 is 24.2 Å². The molecule has 2 atom stereocenters. The number of ether oxygens (including phenoxy) is 1. The zero-order valence-corrected chi connectivity index (χ0v) is 18.0. The second-order valence-corrected chi connectivity index (χ2v) is 7.72. The van der Waals surface area contributed by atoms with Gasteiger partial charge in [-0.25, -0.2) is 0 Å². The number of methoxy groups -OCH3 is 1. The van der Waals surface area contributed by atoms with E-state index in [2.05, 4.69) is 27.1 Å². The number of quaternary nitrogens is 1. The van der Waals surface area contributed by atoms with Crippen molar-refractivity contribution in [1.82, 2.24) is 0 Å². The molecule has 27 heavy (non-hydrogen) atoms. The Balaban J connectivity index is 0.000000580. The highest BCUT2D eigenvalue weighted by atomic mass is 16.5. The molecule has 1 rings (SSSR count). The van der Waals surface area contributed by atoms with Gasteiger partial charge in [0.05, 0.1) is 21.2 Å². The molecule has 5 heteroatoms. The monoisotopic (exact) mass is 381 g/mol. The molecule has 1 aromatic carbocycles. The van der Waals surface area contributed by atoms with Crippen LogP contribution in [0.25, 0.3) is 0 Å². The third-order valence-electron chi connectivity index (χ3n) is 4.70. The van der Waals surface area contributed by atoms with Gasteiger partial charge >= 0.3 is 0 Å². The van der Waals surface area contributed by atoms with E-state index in [0.29, 0.717) is 6.42 Å². The lowest BCUT2D eigenvalue weighted by Crippen LogP contribution is -2.44. The van der Waals surface area contributed by atoms with E-state index in [1.54, 1.807) is 7.11 Å². The van der Waals surface area contributed by atoms with E-state index in [1.807, 2.05) is 32.0 Å². The first kappa shape index (κ1) is 25.4. The lowest BCUT2D eigenvalue weighted by molar-refractivity contribution is -0.906. The van der Waals surface area contributed by atoms with E-state index in [-0.39, 0.29) is 12.0 Å². The molecule has 0 fully saturated rings. The van der Waals surface area contributed by atoms with Gasteiger partial charge in [-0.05, 0) is 37.3 Å². The molecule has 0 aromatic heterocycles. The van der Waals surface area contributed by atoms with Crippen molar-refractivity contribution in [3.8, 4) is 5.75 Å². The van der Waals surface area contributed by atoms with Crippen molar-refractivity contribution in [3.63, 3.8) is 0 Å². The maximum atomic E-state index is 10.3. The predicted octanol–water partition coefficient (Wildman–Crippen LogP) is 3.00. The second kappa shape index (κ2) is 13.6. The van der Waals surface area contributed by atoms with Crippen molar-refractivity contribution < 1.29 is 24.2 Å². The third-order valence-corrected chi connectivity index (χ3v) is 4.70. The first-order chi connectivity index (χ1) is 12.7. The minimum Gasteiger partial charge on any atom is -0.550 e. The molecule has 0 aliphatic rings. The molecule has 0 bridgehead atoms. The molecule has 5 nitrogen and oxygen atoms in total. The highest BCUT2D eigenvalue weighted by Crippen LogP contribution is 2.21. The fourth-order valence-corrected chi connectivity index (χ4v) is 3.00. The molecule has 0 aliphatic heterocycles. The summed E-state index contributed by atoms with van der Waals surface area (Å²) in [5, 5.41) is 20.1. The number of nitrogens with zero attached hydrogens (tertiary/aromatic N) is 1. The molecule has 0 heterocycles. The molecule has 0 radical (unpaired) electrons. The summed E-state index contributed by atoms with van der Waals surface area (Å²) in [5.74, 6) is -0.194. The SMILES string of the molecule is CCC(O)C[N+](C)(C)Cc1ccccc1OC.CCCCC(CC)C(=O)[O-]. The van der Waals surface area contributed by atoms with Crippen molar-refractivity contribution in [3.05, 3.63) is 29.8 Å². The van der Waals surface area contributed by atoms with Gasteiger partial charge in [-0.3, -0.25) is 0 Å². The van der Waals surface area contributed by atoms with Crippen LogP contribution in [0.5, 0.6) is 5.75 Å². The maximum Gasteiger partial charge on any atom is 0.127 e. The Morgan fingerprint density at radius 3 is 2.30 bits per heavy atom. The van der Waals surface area contributed by atoms with Gasteiger partial charge in [-0.2, -0.15) is 0 Å². The molecule has 0 saturated heterocycles. The number of carbonyl (C=O) groups is 1. The molecule has 1 aromatic rings. The van der Waals surface area contributed by atoms with Crippen molar-refractivity contribution >= 4 is 5.97 Å². The van der Waals surface area contributed by atoms with Gasteiger partial charge in [0, 0.05) is 11.5 Å². The maximum absolute atomic E-state index is 10.3. The minimum absolute atomic E-state index is 0.222. The lowest BCUT2D eigenvalue weighted by atomic mass is 10.00. The average Bonchev–Trinajstić information content (AvgIpc) is 2.62. The first-order valence-corrected chi connectivity index (χ1v) is 10.0. The topological polar surface area (TPSA) is 69.6 Å². The van der Waals surface area contributed by atoms with Crippen molar-refractivity contribution in [2.75, 3.05) is 27.7 Å². The highest BCUT2D eigenvalue weighted by Gasteiger charge is 2.21. The highest BCUT2D eigenvalue weighted by molar-refractivity contribution is 5.67.